The van der Waals surface area contributed by atoms with Crippen molar-refractivity contribution in [2.45, 2.75) is 32.7 Å². The third-order valence-corrected chi connectivity index (χ3v) is 1.83. The number of hydrogen-bond donors (Lipinski definition) is 0. The van der Waals surface area contributed by atoms with Gasteiger partial charge in [0, 0.05) is 12.6 Å². The summed E-state index contributed by atoms with van der Waals surface area (Å²) in [6.45, 7) is 13.0. The number of nitrogens with zero attached hydrogens (tertiary/aromatic N) is 1. The molecule has 0 aromatic rings. The second-order valence-electron chi connectivity index (χ2n) is 2.63. The van der Waals surface area contributed by atoms with Crippen LogP contribution in [0.2, 0.25) is 0 Å². The van der Waals surface area contributed by atoms with Crippen LogP contribution in [0.3, 0.4) is 0 Å². The summed E-state index contributed by atoms with van der Waals surface area (Å²) in [4.78, 5) is 2.23. The quantitative estimate of drug-likeness (QED) is 0.530. The molecule has 0 saturated carbocycles. The van der Waals surface area contributed by atoms with Crippen molar-refractivity contribution in [1.82, 2.24) is 4.90 Å². The fraction of sp³-hybridized carbons (Fsp3) is 0.600. The van der Waals surface area contributed by atoms with Gasteiger partial charge in [0.1, 0.15) is 0 Å². The largest absolute Gasteiger partial charge is 0.372 e. The van der Waals surface area contributed by atoms with Gasteiger partial charge in [-0.15, -0.1) is 6.58 Å². The van der Waals surface area contributed by atoms with Crippen LogP contribution < -0.4 is 0 Å². The van der Waals surface area contributed by atoms with Gasteiger partial charge >= 0.3 is 0 Å². The topological polar surface area (TPSA) is 3.24 Å². The van der Waals surface area contributed by atoms with Gasteiger partial charge in [-0.05, 0) is 19.0 Å². The maximum absolute atomic E-state index is 3.79. The summed E-state index contributed by atoms with van der Waals surface area (Å²) in [7, 11) is 0. The molecule has 0 radical (unpaired) electrons. The molecule has 0 N–H and O–H groups in total. The van der Waals surface area contributed by atoms with Crippen LogP contribution in [0.4, 0.5) is 0 Å². The zero-order valence-electron chi connectivity index (χ0n) is 7.71. The zero-order chi connectivity index (χ0) is 8.69. The van der Waals surface area contributed by atoms with Gasteiger partial charge in [-0.25, -0.2) is 0 Å². The van der Waals surface area contributed by atoms with Gasteiger partial charge in [-0.2, -0.15) is 0 Å². The summed E-state index contributed by atoms with van der Waals surface area (Å²) in [5.41, 5.74) is 0. The van der Waals surface area contributed by atoms with Gasteiger partial charge in [-0.3, -0.25) is 0 Å². The van der Waals surface area contributed by atoms with Crippen molar-refractivity contribution in [3.63, 3.8) is 0 Å². The van der Waals surface area contributed by atoms with E-state index in [1.54, 1.807) is 0 Å². The van der Waals surface area contributed by atoms with Crippen molar-refractivity contribution < 1.29 is 0 Å². The van der Waals surface area contributed by atoms with Crippen LogP contribution in [0.15, 0.2) is 25.4 Å². The monoisotopic (exact) mass is 153 g/mol. The lowest BCUT2D eigenvalue weighted by molar-refractivity contribution is 0.314. The summed E-state index contributed by atoms with van der Waals surface area (Å²) >= 11 is 0. The molecule has 0 aromatic heterocycles. The standard InChI is InChI=1S/C10H19N/c1-5-9-11(8-4)10(6-2)7-3/h6,8,10H,2,4-5,7,9H2,1,3H3. The molecule has 0 saturated heterocycles. The van der Waals surface area contributed by atoms with Gasteiger partial charge in [0.2, 0.25) is 0 Å². The Bertz CT molecular complexity index is 118. The molecule has 0 aliphatic carbocycles. The first-order valence-corrected chi connectivity index (χ1v) is 4.30. The predicted molar refractivity (Wildman–Crippen MR) is 51.5 cm³/mol. The fourth-order valence-electron chi connectivity index (χ4n) is 1.19. The first-order chi connectivity index (χ1) is 5.29. The molecule has 0 fully saturated rings. The Balaban J connectivity index is 3.96. The van der Waals surface area contributed by atoms with Gasteiger partial charge in [0.25, 0.3) is 0 Å². The molecule has 1 atom stereocenters. The molecule has 0 aliphatic rings. The summed E-state index contributed by atoms with van der Waals surface area (Å²) in [6.07, 6.45) is 6.16. The third-order valence-electron chi connectivity index (χ3n) is 1.83. The molecular formula is C10H19N. The normalized spacial score (nSPS) is 12.2. The Morgan fingerprint density at radius 1 is 1.36 bits per heavy atom. The van der Waals surface area contributed by atoms with Gasteiger partial charge < -0.3 is 4.90 Å². The van der Waals surface area contributed by atoms with Crippen LogP contribution in [-0.4, -0.2) is 17.5 Å². The molecule has 0 bridgehead atoms. The van der Waals surface area contributed by atoms with Gasteiger partial charge in [0.05, 0.1) is 0 Å². The van der Waals surface area contributed by atoms with E-state index in [0.29, 0.717) is 6.04 Å². The van der Waals surface area contributed by atoms with E-state index in [-0.39, 0.29) is 0 Å². The SMILES string of the molecule is C=CC(CC)N(C=C)CCC. The van der Waals surface area contributed by atoms with E-state index in [4.69, 9.17) is 0 Å². The van der Waals surface area contributed by atoms with Crippen molar-refractivity contribution in [2.24, 2.45) is 0 Å². The highest BCUT2D eigenvalue weighted by Gasteiger charge is 2.06. The predicted octanol–water partition coefficient (Wildman–Crippen LogP) is 2.81. The van der Waals surface area contributed by atoms with Crippen molar-refractivity contribution in [3.05, 3.63) is 25.4 Å². The lowest BCUT2D eigenvalue weighted by Crippen LogP contribution is -2.28. The molecule has 1 heteroatoms. The minimum Gasteiger partial charge on any atom is -0.372 e. The molecule has 0 amide bonds. The highest BCUT2D eigenvalue weighted by atomic mass is 15.1. The smallest absolute Gasteiger partial charge is 0.0462 e. The third kappa shape index (κ3) is 3.26. The number of rotatable bonds is 6. The van der Waals surface area contributed by atoms with Gasteiger partial charge in [-0.1, -0.05) is 26.5 Å². The molecule has 0 heterocycles. The van der Waals surface area contributed by atoms with Crippen molar-refractivity contribution in [1.29, 1.82) is 0 Å². The van der Waals surface area contributed by atoms with E-state index in [9.17, 15) is 0 Å². The van der Waals surface area contributed by atoms with Crippen LogP contribution in [0.1, 0.15) is 26.7 Å². The van der Waals surface area contributed by atoms with Crippen molar-refractivity contribution in [3.8, 4) is 0 Å². The Morgan fingerprint density at radius 2 is 2.00 bits per heavy atom. The van der Waals surface area contributed by atoms with Gasteiger partial charge in [0.15, 0.2) is 0 Å². The molecule has 1 unspecified atom stereocenters. The average Bonchev–Trinajstić information content (AvgIpc) is 2.05. The fourth-order valence-corrected chi connectivity index (χ4v) is 1.19. The molecule has 1 nitrogen and oxygen atoms in total. The Morgan fingerprint density at radius 3 is 2.27 bits per heavy atom. The summed E-state index contributed by atoms with van der Waals surface area (Å²) < 4.78 is 0. The molecule has 0 aromatic carbocycles. The first-order valence-electron chi connectivity index (χ1n) is 4.30. The van der Waals surface area contributed by atoms with E-state index in [2.05, 4.69) is 31.9 Å². The summed E-state index contributed by atoms with van der Waals surface area (Å²) in [6, 6.07) is 0.465. The van der Waals surface area contributed by atoms with E-state index in [1.807, 2.05) is 12.3 Å². The minimum atomic E-state index is 0.465. The second-order valence-corrected chi connectivity index (χ2v) is 2.63. The highest BCUT2D eigenvalue weighted by molar-refractivity contribution is 4.90. The molecule has 11 heavy (non-hydrogen) atoms. The van der Waals surface area contributed by atoms with Crippen LogP contribution in [0.5, 0.6) is 0 Å². The Hall–Kier alpha value is -0.720. The first kappa shape index (κ1) is 10.3. The summed E-state index contributed by atoms with van der Waals surface area (Å²) in [5.74, 6) is 0. The lowest BCUT2D eigenvalue weighted by atomic mass is 10.2. The molecule has 0 spiro atoms. The maximum atomic E-state index is 3.79. The minimum absolute atomic E-state index is 0.465. The molecular weight excluding hydrogens is 134 g/mol. The molecule has 0 rings (SSSR count). The van der Waals surface area contributed by atoms with Crippen LogP contribution >= 0.6 is 0 Å². The molecule has 64 valence electrons. The number of hydrogen-bond acceptors (Lipinski definition) is 1. The van der Waals surface area contributed by atoms with E-state index < -0.39 is 0 Å². The van der Waals surface area contributed by atoms with E-state index in [1.165, 1.54) is 0 Å². The Kier molecular flexibility index (Phi) is 5.63. The van der Waals surface area contributed by atoms with Crippen LogP contribution in [0, 0.1) is 0 Å². The zero-order valence-corrected chi connectivity index (χ0v) is 7.71. The van der Waals surface area contributed by atoms with E-state index in [0.717, 1.165) is 19.4 Å². The van der Waals surface area contributed by atoms with Crippen molar-refractivity contribution in [2.75, 3.05) is 6.54 Å². The Labute approximate surface area is 70.4 Å². The van der Waals surface area contributed by atoms with Crippen LogP contribution in [0.25, 0.3) is 0 Å². The highest BCUT2D eigenvalue weighted by Crippen LogP contribution is 2.05. The van der Waals surface area contributed by atoms with Crippen LogP contribution in [-0.2, 0) is 0 Å². The summed E-state index contributed by atoms with van der Waals surface area (Å²) in [5, 5.41) is 0. The van der Waals surface area contributed by atoms with Crippen molar-refractivity contribution >= 4 is 0 Å². The lowest BCUT2D eigenvalue weighted by Gasteiger charge is -2.26. The maximum Gasteiger partial charge on any atom is 0.0462 e. The van der Waals surface area contributed by atoms with E-state index >= 15 is 0 Å². The average molecular weight is 153 g/mol. The molecule has 0 aliphatic heterocycles. The second kappa shape index (κ2) is 6.02.